The summed E-state index contributed by atoms with van der Waals surface area (Å²) in [4.78, 5) is 0. The summed E-state index contributed by atoms with van der Waals surface area (Å²) < 4.78 is 2.00. The van der Waals surface area contributed by atoms with Crippen molar-refractivity contribution in [3.05, 3.63) is 17.5 Å². The fourth-order valence-corrected chi connectivity index (χ4v) is 3.17. The minimum atomic E-state index is 0.709. The predicted molar refractivity (Wildman–Crippen MR) is 69.8 cm³/mol. The SMILES string of the molecule is CCc1cc(CNC2CCSCC2)n(C)n1. The summed E-state index contributed by atoms with van der Waals surface area (Å²) in [5.74, 6) is 2.62. The van der Waals surface area contributed by atoms with Gasteiger partial charge in [0, 0.05) is 19.6 Å². The Kier molecular flexibility index (Phi) is 4.29. The number of rotatable bonds is 4. The average molecular weight is 239 g/mol. The largest absolute Gasteiger partial charge is 0.308 e. The Bertz CT molecular complexity index is 329. The Hall–Kier alpha value is -0.480. The topological polar surface area (TPSA) is 29.9 Å². The summed E-state index contributed by atoms with van der Waals surface area (Å²) >= 11 is 2.07. The van der Waals surface area contributed by atoms with E-state index in [2.05, 4.69) is 35.2 Å². The summed E-state index contributed by atoms with van der Waals surface area (Å²) in [6, 6.07) is 2.92. The molecule has 90 valence electrons. The van der Waals surface area contributed by atoms with Gasteiger partial charge in [-0.25, -0.2) is 0 Å². The maximum Gasteiger partial charge on any atom is 0.0625 e. The fraction of sp³-hybridized carbons (Fsp3) is 0.750. The van der Waals surface area contributed by atoms with E-state index in [0.29, 0.717) is 6.04 Å². The highest BCUT2D eigenvalue weighted by Crippen LogP contribution is 2.17. The van der Waals surface area contributed by atoms with E-state index in [4.69, 9.17) is 0 Å². The zero-order valence-electron chi connectivity index (χ0n) is 10.2. The van der Waals surface area contributed by atoms with Crippen LogP contribution in [0.2, 0.25) is 0 Å². The monoisotopic (exact) mass is 239 g/mol. The zero-order chi connectivity index (χ0) is 11.4. The Labute approximate surface area is 102 Å². The molecule has 1 N–H and O–H groups in total. The van der Waals surface area contributed by atoms with Crippen LogP contribution in [-0.2, 0) is 20.0 Å². The maximum absolute atomic E-state index is 4.47. The molecule has 2 heterocycles. The highest BCUT2D eigenvalue weighted by atomic mass is 32.2. The second-order valence-electron chi connectivity index (χ2n) is 4.37. The number of thioether (sulfide) groups is 1. The molecule has 1 aromatic rings. The molecule has 16 heavy (non-hydrogen) atoms. The van der Waals surface area contributed by atoms with E-state index in [9.17, 15) is 0 Å². The second-order valence-corrected chi connectivity index (χ2v) is 5.60. The molecule has 0 spiro atoms. The minimum absolute atomic E-state index is 0.709. The number of aromatic nitrogens is 2. The van der Waals surface area contributed by atoms with Gasteiger partial charge in [-0.05, 0) is 36.8 Å². The number of nitrogens with zero attached hydrogens (tertiary/aromatic N) is 2. The molecule has 0 atom stereocenters. The Morgan fingerprint density at radius 2 is 2.25 bits per heavy atom. The van der Waals surface area contributed by atoms with E-state index in [1.807, 2.05) is 11.7 Å². The highest BCUT2D eigenvalue weighted by molar-refractivity contribution is 7.99. The summed E-state index contributed by atoms with van der Waals surface area (Å²) in [6.45, 7) is 3.11. The van der Waals surface area contributed by atoms with Crippen LogP contribution in [0.25, 0.3) is 0 Å². The van der Waals surface area contributed by atoms with Crippen LogP contribution in [0.4, 0.5) is 0 Å². The van der Waals surface area contributed by atoms with Crippen LogP contribution in [0.1, 0.15) is 31.2 Å². The van der Waals surface area contributed by atoms with Gasteiger partial charge in [0.05, 0.1) is 11.4 Å². The van der Waals surface area contributed by atoms with Crippen LogP contribution in [-0.4, -0.2) is 27.3 Å². The van der Waals surface area contributed by atoms with Crippen molar-refractivity contribution >= 4 is 11.8 Å². The number of aryl methyl sites for hydroxylation is 2. The lowest BCUT2D eigenvalue weighted by molar-refractivity contribution is 0.471. The first kappa shape index (κ1) is 12.0. The van der Waals surface area contributed by atoms with Crippen molar-refractivity contribution in [3.63, 3.8) is 0 Å². The van der Waals surface area contributed by atoms with E-state index in [-0.39, 0.29) is 0 Å². The molecule has 2 rings (SSSR count). The van der Waals surface area contributed by atoms with Gasteiger partial charge in [0.1, 0.15) is 0 Å². The lowest BCUT2D eigenvalue weighted by atomic mass is 10.1. The van der Waals surface area contributed by atoms with Gasteiger partial charge in [-0.1, -0.05) is 6.92 Å². The Morgan fingerprint density at radius 1 is 1.50 bits per heavy atom. The van der Waals surface area contributed by atoms with Crippen molar-refractivity contribution in [1.29, 1.82) is 0 Å². The highest BCUT2D eigenvalue weighted by Gasteiger charge is 2.13. The molecule has 1 saturated heterocycles. The first-order chi connectivity index (χ1) is 7.79. The molecule has 0 saturated carbocycles. The van der Waals surface area contributed by atoms with Crippen LogP contribution in [0.5, 0.6) is 0 Å². The molecule has 0 unspecified atom stereocenters. The molecule has 4 heteroatoms. The van der Waals surface area contributed by atoms with Gasteiger partial charge in [0.15, 0.2) is 0 Å². The molecule has 1 aliphatic heterocycles. The molecular weight excluding hydrogens is 218 g/mol. The van der Waals surface area contributed by atoms with Crippen LogP contribution >= 0.6 is 11.8 Å². The van der Waals surface area contributed by atoms with Crippen LogP contribution in [0.3, 0.4) is 0 Å². The fourth-order valence-electron chi connectivity index (χ4n) is 2.06. The third-order valence-electron chi connectivity index (χ3n) is 3.18. The lowest BCUT2D eigenvalue weighted by Crippen LogP contribution is -2.32. The van der Waals surface area contributed by atoms with E-state index in [1.165, 1.54) is 35.7 Å². The molecule has 1 aliphatic rings. The maximum atomic E-state index is 4.47. The molecule has 0 radical (unpaired) electrons. The van der Waals surface area contributed by atoms with Crippen molar-refractivity contribution in [2.75, 3.05) is 11.5 Å². The Balaban J connectivity index is 1.85. The van der Waals surface area contributed by atoms with Gasteiger partial charge in [-0.15, -0.1) is 0 Å². The summed E-state index contributed by atoms with van der Waals surface area (Å²) in [5.41, 5.74) is 2.49. The summed E-state index contributed by atoms with van der Waals surface area (Å²) in [5, 5.41) is 8.11. The van der Waals surface area contributed by atoms with E-state index in [0.717, 1.165) is 13.0 Å². The quantitative estimate of drug-likeness (QED) is 0.871. The number of hydrogen-bond acceptors (Lipinski definition) is 3. The molecule has 0 bridgehead atoms. The molecule has 0 amide bonds. The number of nitrogens with one attached hydrogen (secondary N) is 1. The van der Waals surface area contributed by atoms with E-state index >= 15 is 0 Å². The Morgan fingerprint density at radius 3 is 2.88 bits per heavy atom. The van der Waals surface area contributed by atoms with Gasteiger partial charge in [-0.3, -0.25) is 4.68 Å². The normalized spacial score (nSPS) is 17.9. The van der Waals surface area contributed by atoms with Crippen LogP contribution in [0, 0.1) is 0 Å². The summed E-state index contributed by atoms with van der Waals surface area (Å²) in [6.07, 6.45) is 3.64. The van der Waals surface area contributed by atoms with Gasteiger partial charge in [-0.2, -0.15) is 16.9 Å². The predicted octanol–water partition coefficient (Wildman–Crippen LogP) is 1.97. The van der Waals surface area contributed by atoms with Gasteiger partial charge < -0.3 is 5.32 Å². The van der Waals surface area contributed by atoms with Crippen LogP contribution in [0.15, 0.2) is 6.07 Å². The first-order valence-electron chi connectivity index (χ1n) is 6.12. The average Bonchev–Trinajstić information content (AvgIpc) is 2.69. The van der Waals surface area contributed by atoms with Gasteiger partial charge >= 0.3 is 0 Å². The van der Waals surface area contributed by atoms with Crippen molar-refractivity contribution in [2.45, 2.75) is 38.8 Å². The third kappa shape index (κ3) is 3.01. The lowest BCUT2D eigenvalue weighted by Gasteiger charge is -2.22. The van der Waals surface area contributed by atoms with Crippen molar-refractivity contribution in [2.24, 2.45) is 7.05 Å². The molecule has 0 aliphatic carbocycles. The standard InChI is InChI=1S/C12H21N3S/c1-3-10-8-12(15(2)14-10)9-13-11-4-6-16-7-5-11/h8,11,13H,3-7,9H2,1-2H3. The smallest absolute Gasteiger partial charge is 0.0625 e. The molecule has 3 nitrogen and oxygen atoms in total. The van der Waals surface area contributed by atoms with Crippen LogP contribution < -0.4 is 5.32 Å². The van der Waals surface area contributed by atoms with Gasteiger partial charge in [0.2, 0.25) is 0 Å². The minimum Gasteiger partial charge on any atom is -0.308 e. The first-order valence-corrected chi connectivity index (χ1v) is 7.28. The van der Waals surface area contributed by atoms with Gasteiger partial charge in [0.25, 0.3) is 0 Å². The van der Waals surface area contributed by atoms with E-state index < -0.39 is 0 Å². The zero-order valence-corrected chi connectivity index (χ0v) is 11.0. The molecule has 1 aromatic heterocycles. The third-order valence-corrected chi connectivity index (χ3v) is 4.23. The van der Waals surface area contributed by atoms with Crippen molar-refractivity contribution in [1.82, 2.24) is 15.1 Å². The van der Waals surface area contributed by atoms with Crippen molar-refractivity contribution in [3.8, 4) is 0 Å². The van der Waals surface area contributed by atoms with Crippen molar-refractivity contribution < 1.29 is 0 Å². The molecule has 1 fully saturated rings. The second kappa shape index (κ2) is 5.73. The molecular formula is C12H21N3S. The summed E-state index contributed by atoms with van der Waals surface area (Å²) in [7, 11) is 2.03. The van der Waals surface area contributed by atoms with E-state index in [1.54, 1.807) is 0 Å². The molecule has 0 aromatic carbocycles. The number of hydrogen-bond donors (Lipinski definition) is 1.